The van der Waals surface area contributed by atoms with E-state index in [0.717, 1.165) is 23.1 Å². The first-order chi connectivity index (χ1) is 18.1. The molecule has 1 saturated heterocycles. The SMILES string of the molecule is CCCOc1ccc(/C(O)=C2\C(=O)C(=O)N(c3cc(C)cc(C)c3)C2c2cccc(OC(C)C)c2)cc1C. The summed E-state index contributed by atoms with van der Waals surface area (Å²) in [6, 6.07) is 17.6. The molecule has 3 aromatic carbocycles. The number of aryl methyl sites for hydroxylation is 3. The van der Waals surface area contributed by atoms with Gasteiger partial charge in [-0.25, -0.2) is 0 Å². The molecule has 1 N–H and O–H groups in total. The zero-order chi connectivity index (χ0) is 27.6. The molecule has 1 amide bonds. The van der Waals surface area contributed by atoms with E-state index in [4.69, 9.17) is 9.47 Å². The normalized spacial score (nSPS) is 16.8. The lowest BCUT2D eigenvalue weighted by molar-refractivity contribution is -0.132. The maximum atomic E-state index is 13.5. The Balaban J connectivity index is 1.91. The summed E-state index contributed by atoms with van der Waals surface area (Å²) < 4.78 is 11.7. The quantitative estimate of drug-likeness (QED) is 0.203. The third kappa shape index (κ3) is 5.44. The Morgan fingerprint density at radius 1 is 0.974 bits per heavy atom. The minimum atomic E-state index is -0.830. The summed E-state index contributed by atoms with van der Waals surface area (Å²) >= 11 is 0. The van der Waals surface area contributed by atoms with E-state index in [1.807, 2.05) is 84.0 Å². The fourth-order valence-electron chi connectivity index (χ4n) is 4.86. The van der Waals surface area contributed by atoms with E-state index in [1.54, 1.807) is 18.2 Å². The Hall–Kier alpha value is -4.06. The number of hydrogen-bond donors (Lipinski definition) is 1. The largest absolute Gasteiger partial charge is 0.507 e. The minimum absolute atomic E-state index is 0.0393. The molecule has 4 rings (SSSR count). The molecule has 0 radical (unpaired) electrons. The van der Waals surface area contributed by atoms with Crippen molar-refractivity contribution in [3.63, 3.8) is 0 Å². The minimum Gasteiger partial charge on any atom is -0.507 e. The molecular weight excluding hydrogens is 478 g/mol. The van der Waals surface area contributed by atoms with Crippen molar-refractivity contribution in [2.75, 3.05) is 11.5 Å². The van der Waals surface area contributed by atoms with Gasteiger partial charge in [0.15, 0.2) is 0 Å². The number of nitrogens with zero attached hydrogens (tertiary/aromatic N) is 1. The maximum Gasteiger partial charge on any atom is 0.300 e. The van der Waals surface area contributed by atoms with Crippen molar-refractivity contribution in [3.05, 3.63) is 94.1 Å². The Bertz CT molecular complexity index is 1380. The molecule has 1 aliphatic heterocycles. The number of aliphatic hydroxyl groups is 1. The number of ether oxygens (including phenoxy) is 2. The number of anilines is 1. The molecule has 0 saturated carbocycles. The smallest absolute Gasteiger partial charge is 0.300 e. The predicted molar refractivity (Wildman–Crippen MR) is 150 cm³/mol. The lowest BCUT2D eigenvalue weighted by Gasteiger charge is -2.26. The maximum absolute atomic E-state index is 13.5. The highest BCUT2D eigenvalue weighted by Gasteiger charge is 2.47. The topological polar surface area (TPSA) is 76.1 Å². The molecule has 6 nitrogen and oxygen atoms in total. The number of aliphatic hydroxyl groups excluding tert-OH is 1. The lowest BCUT2D eigenvalue weighted by atomic mass is 9.94. The van der Waals surface area contributed by atoms with Crippen LogP contribution in [0.4, 0.5) is 5.69 Å². The zero-order valence-electron chi connectivity index (χ0n) is 22.9. The molecule has 0 bridgehead atoms. The molecule has 1 unspecified atom stereocenters. The van der Waals surface area contributed by atoms with E-state index >= 15 is 0 Å². The first kappa shape index (κ1) is 27.0. The van der Waals surface area contributed by atoms with Crippen LogP contribution in [0.2, 0.25) is 0 Å². The molecule has 0 aliphatic carbocycles. The third-order valence-corrected chi connectivity index (χ3v) is 6.38. The fraction of sp³-hybridized carbons (Fsp3) is 0.312. The second-order valence-corrected chi connectivity index (χ2v) is 10.1. The number of amides is 1. The fourth-order valence-corrected chi connectivity index (χ4v) is 4.86. The number of Topliss-reactive ketones (excluding diaryl/α,β-unsaturated/α-hetero) is 1. The Morgan fingerprint density at radius 3 is 2.32 bits per heavy atom. The zero-order valence-corrected chi connectivity index (χ0v) is 22.9. The van der Waals surface area contributed by atoms with Gasteiger partial charge in [-0.05, 0) is 106 Å². The van der Waals surface area contributed by atoms with Gasteiger partial charge in [-0.3, -0.25) is 14.5 Å². The van der Waals surface area contributed by atoms with Crippen LogP contribution in [0.5, 0.6) is 11.5 Å². The molecular formula is C32H35NO5. The second kappa shape index (κ2) is 11.1. The summed E-state index contributed by atoms with van der Waals surface area (Å²) in [6.07, 6.45) is 0.829. The summed E-state index contributed by atoms with van der Waals surface area (Å²) in [6.45, 7) is 12.3. The summed E-state index contributed by atoms with van der Waals surface area (Å²) in [5.41, 5.74) is 4.52. The molecule has 1 heterocycles. The molecule has 0 aromatic heterocycles. The monoisotopic (exact) mass is 513 g/mol. The lowest BCUT2D eigenvalue weighted by Crippen LogP contribution is -2.29. The number of carbonyl (C=O) groups excluding carboxylic acids is 2. The Kier molecular flexibility index (Phi) is 7.91. The second-order valence-electron chi connectivity index (χ2n) is 10.1. The summed E-state index contributed by atoms with van der Waals surface area (Å²) in [4.78, 5) is 28.6. The van der Waals surface area contributed by atoms with Gasteiger partial charge in [0.05, 0.1) is 24.3 Å². The van der Waals surface area contributed by atoms with Crippen molar-refractivity contribution in [3.8, 4) is 11.5 Å². The number of rotatable bonds is 8. The van der Waals surface area contributed by atoms with E-state index in [1.165, 1.54) is 4.90 Å². The van der Waals surface area contributed by atoms with Gasteiger partial charge in [0.2, 0.25) is 0 Å². The first-order valence-corrected chi connectivity index (χ1v) is 13.0. The Labute approximate surface area is 224 Å². The number of hydrogen-bond acceptors (Lipinski definition) is 5. The van der Waals surface area contributed by atoms with Crippen LogP contribution in [-0.2, 0) is 9.59 Å². The van der Waals surface area contributed by atoms with Crippen LogP contribution in [0, 0.1) is 20.8 Å². The van der Waals surface area contributed by atoms with Gasteiger partial charge in [0.1, 0.15) is 17.3 Å². The molecule has 6 heteroatoms. The molecule has 38 heavy (non-hydrogen) atoms. The van der Waals surface area contributed by atoms with Gasteiger partial charge in [-0.2, -0.15) is 0 Å². The van der Waals surface area contributed by atoms with Crippen molar-refractivity contribution in [2.45, 2.75) is 60.1 Å². The van der Waals surface area contributed by atoms with Crippen molar-refractivity contribution in [1.82, 2.24) is 0 Å². The van der Waals surface area contributed by atoms with E-state index in [9.17, 15) is 14.7 Å². The summed E-state index contributed by atoms with van der Waals surface area (Å²) in [7, 11) is 0. The highest BCUT2D eigenvalue weighted by Crippen LogP contribution is 2.43. The Morgan fingerprint density at radius 2 is 1.68 bits per heavy atom. The van der Waals surface area contributed by atoms with Gasteiger partial charge >= 0.3 is 0 Å². The van der Waals surface area contributed by atoms with E-state index < -0.39 is 17.7 Å². The van der Waals surface area contributed by atoms with Crippen LogP contribution in [0.3, 0.4) is 0 Å². The van der Waals surface area contributed by atoms with Crippen molar-refractivity contribution in [1.29, 1.82) is 0 Å². The number of carbonyl (C=O) groups is 2. The highest BCUT2D eigenvalue weighted by molar-refractivity contribution is 6.51. The standard InChI is InChI=1S/C32H35NO5/c1-7-13-37-27-12-11-24(17-22(27)6)30(34)28-29(23-9-8-10-26(18-23)38-19(2)3)33(32(36)31(28)35)25-15-20(4)14-21(5)16-25/h8-12,14-19,29,34H,7,13H2,1-6H3/b30-28+. The summed E-state index contributed by atoms with van der Waals surface area (Å²) in [5, 5.41) is 11.5. The van der Waals surface area contributed by atoms with E-state index in [-0.39, 0.29) is 17.4 Å². The molecule has 1 atom stereocenters. The molecule has 1 fully saturated rings. The molecule has 3 aromatic rings. The predicted octanol–water partition coefficient (Wildman–Crippen LogP) is 6.81. The van der Waals surface area contributed by atoms with Crippen LogP contribution in [-0.4, -0.2) is 29.5 Å². The van der Waals surface area contributed by atoms with E-state index in [2.05, 4.69) is 0 Å². The van der Waals surface area contributed by atoms with Gasteiger partial charge in [0, 0.05) is 11.3 Å². The van der Waals surface area contributed by atoms with Crippen LogP contribution in [0.15, 0.2) is 66.2 Å². The van der Waals surface area contributed by atoms with Gasteiger partial charge < -0.3 is 14.6 Å². The number of ketones is 1. The van der Waals surface area contributed by atoms with Crippen molar-refractivity contribution < 1.29 is 24.2 Å². The van der Waals surface area contributed by atoms with E-state index in [0.29, 0.717) is 34.9 Å². The van der Waals surface area contributed by atoms with Crippen molar-refractivity contribution >= 4 is 23.1 Å². The highest BCUT2D eigenvalue weighted by atomic mass is 16.5. The molecule has 1 aliphatic rings. The van der Waals surface area contributed by atoms with Crippen LogP contribution in [0.25, 0.3) is 5.76 Å². The van der Waals surface area contributed by atoms with Crippen LogP contribution >= 0.6 is 0 Å². The average molecular weight is 514 g/mol. The van der Waals surface area contributed by atoms with Crippen LogP contribution < -0.4 is 14.4 Å². The van der Waals surface area contributed by atoms with Gasteiger partial charge in [0.25, 0.3) is 11.7 Å². The number of benzene rings is 3. The molecule has 0 spiro atoms. The summed E-state index contributed by atoms with van der Waals surface area (Å²) in [5.74, 6) is -0.298. The van der Waals surface area contributed by atoms with Crippen molar-refractivity contribution in [2.24, 2.45) is 0 Å². The average Bonchev–Trinajstić information content (AvgIpc) is 3.12. The third-order valence-electron chi connectivity index (χ3n) is 6.38. The van der Waals surface area contributed by atoms with Crippen LogP contribution in [0.1, 0.15) is 61.1 Å². The molecule has 198 valence electrons. The van der Waals surface area contributed by atoms with Gasteiger partial charge in [-0.15, -0.1) is 0 Å². The first-order valence-electron chi connectivity index (χ1n) is 13.0. The van der Waals surface area contributed by atoms with Gasteiger partial charge in [-0.1, -0.05) is 25.1 Å².